The minimum absolute atomic E-state index is 0.0242. The normalized spacial score (nSPS) is 10.4. The van der Waals surface area contributed by atoms with Crippen molar-refractivity contribution in [3.8, 4) is 5.75 Å². The molecule has 3 aromatic rings. The first-order valence-electron chi connectivity index (χ1n) is 7.89. The fraction of sp³-hybridized carbons (Fsp3) is 0.150. The van der Waals surface area contributed by atoms with E-state index in [-0.39, 0.29) is 6.61 Å². The number of benzene rings is 2. The number of para-hydroxylation sites is 1. The summed E-state index contributed by atoms with van der Waals surface area (Å²) < 4.78 is 5.80. The van der Waals surface area contributed by atoms with Crippen molar-refractivity contribution in [2.45, 2.75) is 19.8 Å². The molecule has 0 amide bonds. The number of nitrogens with one attached hydrogen (secondary N) is 1. The summed E-state index contributed by atoms with van der Waals surface area (Å²) >= 11 is 0. The number of ether oxygens (including phenoxy) is 1. The zero-order chi connectivity index (χ0) is 16.6. The number of hydrogen-bond acceptors (Lipinski definition) is 4. The van der Waals surface area contributed by atoms with E-state index in [2.05, 4.69) is 10.3 Å². The number of hydrogen-bond donors (Lipinski definition) is 2. The van der Waals surface area contributed by atoms with Crippen LogP contribution in [0.5, 0.6) is 5.75 Å². The Morgan fingerprint density at radius 2 is 1.83 bits per heavy atom. The van der Waals surface area contributed by atoms with Crippen LogP contribution in [-0.2, 0) is 19.8 Å². The summed E-state index contributed by atoms with van der Waals surface area (Å²) in [6.07, 6.45) is 1.76. The van der Waals surface area contributed by atoms with Crippen molar-refractivity contribution in [2.24, 2.45) is 0 Å². The smallest absolute Gasteiger partial charge is 0.130 e. The molecular weight excluding hydrogens is 300 g/mol. The van der Waals surface area contributed by atoms with Gasteiger partial charge in [-0.25, -0.2) is 0 Å². The van der Waals surface area contributed by atoms with Gasteiger partial charge in [0.25, 0.3) is 0 Å². The minimum Gasteiger partial charge on any atom is -0.487 e. The number of anilines is 1. The van der Waals surface area contributed by atoms with Gasteiger partial charge >= 0.3 is 0 Å². The Balaban J connectivity index is 1.61. The highest BCUT2D eigenvalue weighted by Gasteiger charge is 2.02. The molecule has 0 spiro atoms. The fourth-order valence-corrected chi connectivity index (χ4v) is 2.41. The maximum Gasteiger partial charge on any atom is 0.130 e. The van der Waals surface area contributed by atoms with Crippen molar-refractivity contribution in [3.05, 3.63) is 89.7 Å². The Labute approximate surface area is 141 Å². The zero-order valence-electron chi connectivity index (χ0n) is 13.4. The first-order valence-corrected chi connectivity index (χ1v) is 7.89. The summed E-state index contributed by atoms with van der Waals surface area (Å²) in [6.45, 7) is 1.14. The van der Waals surface area contributed by atoms with Crippen LogP contribution in [0.25, 0.3) is 0 Å². The summed E-state index contributed by atoms with van der Waals surface area (Å²) in [4.78, 5) is 4.25. The van der Waals surface area contributed by atoms with Gasteiger partial charge in [0.2, 0.25) is 0 Å². The molecule has 2 aromatic carbocycles. The van der Waals surface area contributed by atoms with Gasteiger partial charge in [0, 0.05) is 24.0 Å². The van der Waals surface area contributed by atoms with E-state index < -0.39 is 0 Å². The number of aliphatic hydroxyl groups excluding tert-OH is 1. The molecule has 0 saturated heterocycles. The molecule has 0 aliphatic rings. The van der Waals surface area contributed by atoms with Crippen LogP contribution in [-0.4, -0.2) is 10.1 Å². The van der Waals surface area contributed by atoms with E-state index in [1.165, 1.54) is 0 Å². The molecule has 0 aliphatic carbocycles. The molecule has 0 fully saturated rings. The highest BCUT2D eigenvalue weighted by atomic mass is 16.5. The number of rotatable bonds is 7. The summed E-state index contributed by atoms with van der Waals surface area (Å²) in [7, 11) is 0. The average Bonchev–Trinajstić information content (AvgIpc) is 2.66. The van der Waals surface area contributed by atoms with Crippen molar-refractivity contribution in [3.63, 3.8) is 0 Å². The van der Waals surface area contributed by atoms with Gasteiger partial charge in [-0.1, -0.05) is 36.4 Å². The minimum atomic E-state index is 0.0242. The number of nitrogens with zero attached hydrogens (tertiary/aromatic N) is 1. The lowest BCUT2D eigenvalue weighted by Gasteiger charge is -2.12. The number of pyridine rings is 1. The maximum absolute atomic E-state index is 9.37. The molecular formula is C20H20N2O2. The van der Waals surface area contributed by atoms with E-state index in [0.717, 1.165) is 28.3 Å². The summed E-state index contributed by atoms with van der Waals surface area (Å²) in [5, 5.41) is 12.7. The Morgan fingerprint density at radius 1 is 0.958 bits per heavy atom. The second kappa shape index (κ2) is 8.13. The first-order chi connectivity index (χ1) is 11.8. The van der Waals surface area contributed by atoms with Crippen LogP contribution in [0.15, 0.2) is 72.9 Å². The van der Waals surface area contributed by atoms with Crippen molar-refractivity contribution < 1.29 is 9.84 Å². The third-order valence-electron chi connectivity index (χ3n) is 3.68. The molecule has 2 N–H and O–H groups in total. The van der Waals surface area contributed by atoms with Gasteiger partial charge in [0.05, 0.1) is 12.3 Å². The van der Waals surface area contributed by atoms with Gasteiger partial charge in [0.1, 0.15) is 12.4 Å². The SMILES string of the molecule is OCc1ccccc1NCc1cccc(OCc2ccccn2)c1. The Morgan fingerprint density at radius 3 is 2.67 bits per heavy atom. The molecule has 24 heavy (non-hydrogen) atoms. The van der Waals surface area contributed by atoms with Gasteiger partial charge in [-0.2, -0.15) is 0 Å². The highest BCUT2D eigenvalue weighted by molar-refractivity contribution is 5.51. The first kappa shape index (κ1) is 16.0. The van der Waals surface area contributed by atoms with Gasteiger partial charge in [-0.15, -0.1) is 0 Å². The van der Waals surface area contributed by atoms with Gasteiger partial charge in [-0.3, -0.25) is 4.98 Å². The van der Waals surface area contributed by atoms with Gasteiger partial charge in [0.15, 0.2) is 0 Å². The van der Waals surface area contributed by atoms with Crippen LogP contribution in [0.3, 0.4) is 0 Å². The van der Waals surface area contributed by atoms with Crippen LogP contribution in [0.4, 0.5) is 5.69 Å². The van der Waals surface area contributed by atoms with E-state index in [9.17, 15) is 5.11 Å². The van der Waals surface area contributed by atoms with E-state index in [1.807, 2.05) is 66.7 Å². The Bertz CT molecular complexity index is 775. The van der Waals surface area contributed by atoms with Crippen molar-refractivity contribution in [1.29, 1.82) is 0 Å². The standard InChI is InChI=1S/C20H20N2O2/c23-14-17-7-1-2-10-20(17)22-13-16-6-5-9-19(12-16)24-15-18-8-3-4-11-21-18/h1-12,22-23H,13-15H2. The van der Waals surface area contributed by atoms with E-state index in [4.69, 9.17) is 4.74 Å². The summed E-state index contributed by atoms with van der Waals surface area (Å²) in [5.41, 5.74) is 3.85. The van der Waals surface area contributed by atoms with Gasteiger partial charge in [-0.05, 0) is 35.9 Å². The molecule has 1 aromatic heterocycles. The third-order valence-corrected chi connectivity index (χ3v) is 3.68. The lowest BCUT2D eigenvalue weighted by atomic mass is 10.1. The van der Waals surface area contributed by atoms with Crippen molar-refractivity contribution >= 4 is 5.69 Å². The third kappa shape index (κ3) is 4.33. The Hall–Kier alpha value is -2.85. The molecule has 0 bridgehead atoms. The van der Waals surface area contributed by atoms with Gasteiger partial charge < -0.3 is 15.2 Å². The van der Waals surface area contributed by atoms with Crippen LogP contribution >= 0.6 is 0 Å². The quantitative estimate of drug-likeness (QED) is 0.696. The molecule has 122 valence electrons. The van der Waals surface area contributed by atoms with E-state index in [0.29, 0.717) is 13.2 Å². The average molecular weight is 320 g/mol. The molecule has 0 unspecified atom stereocenters. The second-order valence-electron chi connectivity index (χ2n) is 5.43. The van der Waals surface area contributed by atoms with Crippen molar-refractivity contribution in [2.75, 3.05) is 5.32 Å². The number of aromatic nitrogens is 1. The van der Waals surface area contributed by atoms with Crippen LogP contribution < -0.4 is 10.1 Å². The molecule has 0 atom stereocenters. The molecule has 4 heteroatoms. The summed E-state index contributed by atoms with van der Waals surface area (Å²) in [6, 6.07) is 21.5. The predicted molar refractivity (Wildman–Crippen MR) is 94.7 cm³/mol. The summed E-state index contributed by atoms with van der Waals surface area (Å²) in [5.74, 6) is 0.815. The molecule has 1 heterocycles. The molecule has 0 radical (unpaired) electrons. The van der Waals surface area contributed by atoms with Crippen LogP contribution in [0.2, 0.25) is 0 Å². The van der Waals surface area contributed by atoms with Crippen LogP contribution in [0, 0.1) is 0 Å². The Kier molecular flexibility index (Phi) is 5.43. The van der Waals surface area contributed by atoms with Crippen molar-refractivity contribution in [1.82, 2.24) is 4.98 Å². The highest BCUT2D eigenvalue weighted by Crippen LogP contribution is 2.18. The number of aliphatic hydroxyl groups is 1. The monoisotopic (exact) mass is 320 g/mol. The molecule has 0 aliphatic heterocycles. The molecule has 0 saturated carbocycles. The molecule has 3 rings (SSSR count). The van der Waals surface area contributed by atoms with E-state index >= 15 is 0 Å². The zero-order valence-corrected chi connectivity index (χ0v) is 13.4. The van der Waals surface area contributed by atoms with E-state index in [1.54, 1.807) is 6.20 Å². The largest absolute Gasteiger partial charge is 0.487 e. The fourth-order valence-electron chi connectivity index (χ4n) is 2.41. The lowest BCUT2D eigenvalue weighted by molar-refractivity contribution is 0.282. The lowest BCUT2D eigenvalue weighted by Crippen LogP contribution is -2.03. The second-order valence-corrected chi connectivity index (χ2v) is 5.43. The molecule has 4 nitrogen and oxygen atoms in total. The topological polar surface area (TPSA) is 54.4 Å². The predicted octanol–water partition coefficient (Wildman–Crippen LogP) is 3.77. The maximum atomic E-state index is 9.37. The van der Waals surface area contributed by atoms with Crippen LogP contribution in [0.1, 0.15) is 16.8 Å².